The van der Waals surface area contributed by atoms with Crippen LogP contribution in [0, 0.1) is 0 Å². The first-order valence-electron chi connectivity index (χ1n) is 5.14. The van der Waals surface area contributed by atoms with E-state index in [1.807, 2.05) is 0 Å². The molecule has 0 radical (unpaired) electrons. The minimum atomic E-state index is -0.317. The van der Waals surface area contributed by atoms with E-state index in [2.05, 4.69) is 20.0 Å². The van der Waals surface area contributed by atoms with Crippen molar-refractivity contribution in [3.63, 3.8) is 0 Å². The lowest BCUT2D eigenvalue weighted by atomic mass is 10.2. The molecule has 7 heteroatoms. The maximum absolute atomic E-state index is 11.3. The molecular formula is C10H12ClN3O3. The highest BCUT2D eigenvalue weighted by molar-refractivity contribution is 6.29. The third-order valence-electron chi connectivity index (χ3n) is 2.47. The molecule has 0 amide bonds. The number of methoxy groups -OCH3 is 1. The summed E-state index contributed by atoms with van der Waals surface area (Å²) in [5, 5.41) is 3.34. The molecule has 1 fully saturated rings. The van der Waals surface area contributed by atoms with E-state index in [0.717, 1.165) is 0 Å². The number of carbonyl (C=O) groups excluding carboxylic acids is 1. The number of hydrogen-bond acceptors (Lipinski definition) is 6. The summed E-state index contributed by atoms with van der Waals surface area (Å²) in [6.45, 7) is 0.571. The van der Waals surface area contributed by atoms with Crippen molar-refractivity contribution in [3.8, 4) is 5.88 Å². The van der Waals surface area contributed by atoms with Crippen LogP contribution in [0.15, 0.2) is 12.4 Å². The maximum Gasteiger partial charge on any atom is 0.323 e. The van der Waals surface area contributed by atoms with Gasteiger partial charge in [0.2, 0.25) is 5.88 Å². The minimum absolute atomic E-state index is 0.120. The van der Waals surface area contributed by atoms with Crippen LogP contribution >= 0.6 is 11.6 Å². The Bertz CT molecular complexity index is 416. The lowest BCUT2D eigenvalue weighted by Gasteiger charge is -2.11. The number of halogens is 1. The van der Waals surface area contributed by atoms with Gasteiger partial charge in [0.1, 0.15) is 23.6 Å². The van der Waals surface area contributed by atoms with Gasteiger partial charge in [0, 0.05) is 19.0 Å². The number of nitrogens with zero attached hydrogens (tertiary/aromatic N) is 2. The number of carbonyl (C=O) groups is 1. The van der Waals surface area contributed by atoms with Gasteiger partial charge in [-0.15, -0.1) is 0 Å². The molecule has 1 aliphatic heterocycles. The van der Waals surface area contributed by atoms with Crippen LogP contribution in [-0.2, 0) is 9.53 Å². The molecule has 1 aromatic rings. The Hall–Kier alpha value is -1.40. The zero-order chi connectivity index (χ0) is 12.3. The summed E-state index contributed by atoms with van der Waals surface area (Å²) in [6.07, 6.45) is 1.76. The van der Waals surface area contributed by atoms with Crippen LogP contribution in [0.5, 0.6) is 5.88 Å². The largest absolute Gasteiger partial charge is 0.473 e. The highest BCUT2D eigenvalue weighted by atomic mass is 35.5. The van der Waals surface area contributed by atoms with Gasteiger partial charge >= 0.3 is 5.97 Å². The van der Waals surface area contributed by atoms with E-state index in [0.29, 0.717) is 24.0 Å². The van der Waals surface area contributed by atoms with Crippen molar-refractivity contribution < 1.29 is 14.3 Å². The van der Waals surface area contributed by atoms with E-state index in [-0.39, 0.29) is 18.1 Å². The van der Waals surface area contributed by atoms with Gasteiger partial charge < -0.3 is 14.8 Å². The normalized spacial score (nSPS) is 23.4. The molecule has 6 nitrogen and oxygen atoms in total. The van der Waals surface area contributed by atoms with Crippen LogP contribution in [0.4, 0.5) is 0 Å². The van der Waals surface area contributed by atoms with Crippen LogP contribution in [-0.4, -0.2) is 41.7 Å². The summed E-state index contributed by atoms with van der Waals surface area (Å²) in [7, 11) is 1.36. The van der Waals surface area contributed by atoms with E-state index in [4.69, 9.17) is 16.3 Å². The first-order chi connectivity index (χ1) is 8.19. The quantitative estimate of drug-likeness (QED) is 0.625. The topological polar surface area (TPSA) is 73.3 Å². The van der Waals surface area contributed by atoms with Crippen molar-refractivity contribution in [2.24, 2.45) is 0 Å². The number of rotatable bonds is 3. The fourth-order valence-electron chi connectivity index (χ4n) is 1.67. The van der Waals surface area contributed by atoms with Crippen molar-refractivity contribution >= 4 is 17.6 Å². The second kappa shape index (κ2) is 5.29. The van der Waals surface area contributed by atoms with Crippen LogP contribution in [0.1, 0.15) is 6.42 Å². The lowest BCUT2D eigenvalue weighted by Crippen LogP contribution is -2.31. The molecule has 1 saturated heterocycles. The Labute approximate surface area is 103 Å². The molecule has 2 rings (SSSR count). The van der Waals surface area contributed by atoms with Crippen molar-refractivity contribution in [1.82, 2.24) is 15.3 Å². The van der Waals surface area contributed by atoms with Crippen molar-refractivity contribution in [1.29, 1.82) is 0 Å². The van der Waals surface area contributed by atoms with E-state index in [9.17, 15) is 4.79 Å². The number of hydrogen-bond donors (Lipinski definition) is 1. The predicted molar refractivity (Wildman–Crippen MR) is 59.9 cm³/mol. The van der Waals surface area contributed by atoms with E-state index < -0.39 is 0 Å². The predicted octanol–water partition coefficient (Wildman–Crippen LogP) is 0.412. The molecule has 1 aromatic heterocycles. The number of esters is 1. The van der Waals surface area contributed by atoms with Crippen molar-refractivity contribution in [3.05, 3.63) is 17.5 Å². The van der Waals surface area contributed by atoms with Crippen molar-refractivity contribution in [2.45, 2.75) is 18.6 Å². The average molecular weight is 258 g/mol. The second-order valence-corrected chi connectivity index (χ2v) is 4.03. The summed E-state index contributed by atoms with van der Waals surface area (Å²) in [5.41, 5.74) is 0. The van der Waals surface area contributed by atoms with E-state index in [1.54, 1.807) is 0 Å². The number of aromatic nitrogens is 2. The Kier molecular flexibility index (Phi) is 3.75. The molecular weight excluding hydrogens is 246 g/mol. The lowest BCUT2D eigenvalue weighted by molar-refractivity contribution is -0.142. The van der Waals surface area contributed by atoms with Gasteiger partial charge in [-0.1, -0.05) is 11.6 Å². The Balaban J connectivity index is 1.92. The minimum Gasteiger partial charge on any atom is -0.473 e. The number of nitrogens with one attached hydrogen (secondary N) is 1. The molecule has 0 aromatic carbocycles. The molecule has 2 atom stereocenters. The highest BCUT2D eigenvalue weighted by Crippen LogP contribution is 2.17. The first-order valence-corrected chi connectivity index (χ1v) is 5.52. The van der Waals surface area contributed by atoms with Gasteiger partial charge in [0.25, 0.3) is 0 Å². The summed E-state index contributed by atoms with van der Waals surface area (Å²) < 4.78 is 10.2. The molecule has 0 unspecified atom stereocenters. The third-order valence-corrected chi connectivity index (χ3v) is 2.68. The third kappa shape index (κ3) is 3.04. The molecule has 92 valence electrons. The monoisotopic (exact) mass is 257 g/mol. The van der Waals surface area contributed by atoms with Crippen LogP contribution in [0.3, 0.4) is 0 Å². The Morgan fingerprint density at radius 1 is 1.59 bits per heavy atom. The maximum atomic E-state index is 11.3. The van der Waals surface area contributed by atoms with Gasteiger partial charge in [-0.2, -0.15) is 0 Å². The molecule has 0 spiro atoms. The molecule has 17 heavy (non-hydrogen) atoms. The van der Waals surface area contributed by atoms with Crippen LogP contribution < -0.4 is 10.1 Å². The molecule has 1 aliphatic rings. The molecule has 0 aliphatic carbocycles. The first kappa shape index (κ1) is 12.1. The molecule has 2 heterocycles. The van der Waals surface area contributed by atoms with Crippen molar-refractivity contribution in [2.75, 3.05) is 13.7 Å². The zero-order valence-electron chi connectivity index (χ0n) is 9.22. The van der Waals surface area contributed by atoms with Gasteiger partial charge in [0.05, 0.1) is 7.11 Å². The fourth-order valence-corrected chi connectivity index (χ4v) is 1.80. The molecule has 0 saturated carbocycles. The van der Waals surface area contributed by atoms with Gasteiger partial charge in [-0.3, -0.25) is 4.79 Å². The average Bonchev–Trinajstić information content (AvgIpc) is 2.76. The SMILES string of the molecule is COC(=O)[C@@H]1C[C@@H](Oc2cc(Cl)ncn2)CN1. The second-order valence-electron chi connectivity index (χ2n) is 3.64. The van der Waals surface area contributed by atoms with Crippen LogP contribution in [0.2, 0.25) is 5.15 Å². The van der Waals surface area contributed by atoms with Gasteiger partial charge in [-0.25, -0.2) is 9.97 Å². The number of ether oxygens (including phenoxy) is 2. The summed E-state index contributed by atoms with van der Waals surface area (Å²) in [6, 6.07) is 1.22. The summed E-state index contributed by atoms with van der Waals surface area (Å²) >= 11 is 5.71. The summed E-state index contributed by atoms with van der Waals surface area (Å²) in [4.78, 5) is 19.0. The zero-order valence-corrected chi connectivity index (χ0v) is 9.98. The van der Waals surface area contributed by atoms with Gasteiger partial charge in [-0.05, 0) is 0 Å². The smallest absolute Gasteiger partial charge is 0.323 e. The fraction of sp³-hybridized carbons (Fsp3) is 0.500. The summed E-state index contributed by atoms with van der Waals surface area (Å²) in [5.74, 6) is 0.124. The highest BCUT2D eigenvalue weighted by Gasteiger charge is 2.31. The Morgan fingerprint density at radius 3 is 3.12 bits per heavy atom. The standard InChI is InChI=1S/C10H12ClN3O3/c1-16-10(15)7-2-6(4-12-7)17-9-3-8(11)13-5-14-9/h3,5-7,12H,2,4H2,1H3/t6-,7+/m1/s1. The Morgan fingerprint density at radius 2 is 2.41 bits per heavy atom. The molecule has 1 N–H and O–H groups in total. The van der Waals surface area contributed by atoms with Crippen LogP contribution in [0.25, 0.3) is 0 Å². The molecule has 0 bridgehead atoms. The van der Waals surface area contributed by atoms with E-state index >= 15 is 0 Å². The van der Waals surface area contributed by atoms with E-state index in [1.165, 1.54) is 19.5 Å². The van der Waals surface area contributed by atoms with Gasteiger partial charge in [0.15, 0.2) is 0 Å².